The van der Waals surface area contributed by atoms with Gasteiger partial charge in [0, 0.05) is 58.8 Å². The van der Waals surface area contributed by atoms with Crippen molar-refractivity contribution in [2.24, 2.45) is 0 Å². The van der Waals surface area contributed by atoms with Crippen LogP contribution in [0.1, 0.15) is 95.8 Å². The summed E-state index contributed by atoms with van der Waals surface area (Å²) in [6.07, 6.45) is 13.3. The lowest BCUT2D eigenvalue weighted by Crippen LogP contribution is -2.30. The van der Waals surface area contributed by atoms with Crippen LogP contribution in [0, 0.1) is 0 Å². The van der Waals surface area contributed by atoms with Crippen LogP contribution in [0.3, 0.4) is 0 Å². The standard InChI is InChI=1S/C46H54N2O8S2/c1-33(49)14-6-5-10-29-48-41-27-23-35-22-26-37(57-56-55-51)32-38(35)44(41)45(2,3)42(48)18-12-19-43-46(4,28-9-11-31-58(52,53)54)39-16-7-8-17-40(39)47(43)30-13-15-34-20-24-36(50)25-21-34/h7-8,12,16-27,32H,5-6,9-11,13-15,28-31H2,1-4H3,(H2-,50,51,52,53,54)/p+1. The van der Waals surface area contributed by atoms with E-state index in [2.05, 4.69) is 96.0 Å². The van der Waals surface area contributed by atoms with Crippen molar-refractivity contribution in [1.29, 1.82) is 0 Å². The topological polar surface area (TPSA) is 137 Å². The van der Waals surface area contributed by atoms with Gasteiger partial charge in [-0.1, -0.05) is 53.9 Å². The summed E-state index contributed by atoms with van der Waals surface area (Å²) in [6.45, 7) is 9.93. The molecule has 1 atom stereocenters. The van der Waals surface area contributed by atoms with E-state index < -0.39 is 20.9 Å². The molecule has 2 aliphatic rings. The van der Waals surface area contributed by atoms with Crippen molar-refractivity contribution < 1.29 is 42.1 Å². The molecule has 4 aromatic carbocycles. The third kappa shape index (κ3) is 9.93. The number of Topliss-reactive ketones (excluding diaryl/α,β-unsaturated/α-hetero) is 1. The van der Waals surface area contributed by atoms with Crippen molar-refractivity contribution in [1.82, 2.24) is 0 Å². The number of rotatable bonds is 20. The van der Waals surface area contributed by atoms with Gasteiger partial charge in [-0.3, -0.25) is 4.55 Å². The molecule has 0 bridgehead atoms. The highest BCUT2D eigenvalue weighted by Gasteiger charge is 2.46. The van der Waals surface area contributed by atoms with Crippen LogP contribution in [0.25, 0.3) is 10.8 Å². The third-order valence-electron chi connectivity index (χ3n) is 11.7. The molecule has 4 aromatic rings. The number of unbranched alkanes of at least 4 members (excludes halogenated alkanes) is 3. The number of carbonyl (C=O) groups excluding carboxylic acids is 1. The molecule has 0 aliphatic carbocycles. The molecule has 0 radical (unpaired) electrons. The first kappa shape index (κ1) is 43.3. The van der Waals surface area contributed by atoms with E-state index >= 15 is 0 Å². The van der Waals surface area contributed by atoms with Gasteiger partial charge in [-0.2, -0.15) is 13.0 Å². The molecule has 2 heterocycles. The number of anilines is 1. The molecular weight excluding hydrogens is 773 g/mol. The van der Waals surface area contributed by atoms with E-state index in [-0.39, 0.29) is 17.3 Å². The zero-order chi connectivity index (χ0) is 41.5. The number of phenolic OH excluding ortho intramolecular Hbond substituents is 1. The molecule has 0 amide bonds. The summed E-state index contributed by atoms with van der Waals surface area (Å²) in [6, 6.07) is 26.2. The maximum Gasteiger partial charge on any atom is 0.264 e. The second kappa shape index (κ2) is 18.7. The minimum absolute atomic E-state index is 0.209. The Kier molecular flexibility index (Phi) is 14.0. The van der Waals surface area contributed by atoms with E-state index in [0.29, 0.717) is 25.7 Å². The summed E-state index contributed by atoms with van der Waals surface area (Å²) in [4.78, 5) is 14.9. The summed E-state index contributed by atoms with van der Waals surface area (Å²) in [5.41, 5.74) is 7.26. The number of hydrogen-bond donors (Lipinski definition) is 3. The lowest BCUT2D eigenvalue weighted by atomic mass is 9.77. The molecule has 0 saturated heterocycles. The Labute approximate surface area is 346 Å². The number of fused-ring (bicyclic) bond motifs is 4. The van der Waals surface area contributed by atoms with Gasteiger partial charge in [-0.25, -0.2) is 5.26 Å². The summed E-state index contributed by atoms with van der Waals surface area (Å²) < 4.78 is 39.9. The maximum absolute atomic E-state index is 11.7. The number of aromatic hydroxyl groups is 1. The lowest BCUT2D eigenvalue weighted by Gasteiger charge is -2.30. The molecule has 2 aliphatic heterocycles. The molecule has 10 nitrogen and oxygen atoms in total. The van der Waals surface area contributed by atoms with Crippen molar-refractivity contribution in [3.8, 4) is 5.75 Å². The molecule has 0 aromatic heterocycles. The zero-order valence-corrected chi connectivity index (χ0v) is 35.4. The molecular formula is C46H55N2O8S2+. The van der Waals surface area contributed by atoms with Gasteiger partial charge in [0.15, 0.2) is 5.71 Å². The molecule has 12 heteroatoms. The van der Waals surface area contributed by atoms with Crippen LogP contribution in [-0.4, -0.2) is 58.2 Å². The number of carbonyl (C=O) groups is 1. The number of allylic oxidation sites excluding steroid dienone is 4. The second-order valence-corrected chi connectivity index (χ2v) is 18.5. The predicted molar refractivity (Wildman–Crippen MR) is 232 cm³/mol. The summed E-state index contributed by atoms with van der Waals surface area (Å²) >= 11 is 0.941. The molecule has 308 valence electrons. The van der Waals surface area contributed by atoms with Crippen molar-refractivity contribution in [3.05, 3.63) is 119 Å². The van der Waals surface area contributed by atoms with Gasteiger partial charge in [-0.05, 0) is 131 Å². The van der Waals surface area contributed by atoms with Crippen molar-refractivity contribution >= 4 is 55.8 Å². The van der Waals surface area contributed by atoms with Gasteiger partial charge in [0.05, 0.1) is 23.2 Å². The number of hydrogen-bond acceptors (Lipinski definition) is 9. The van der Waals surface area contributed by atoms with Crippen LogP contribution in [0.4, 0.5) is 11.4 Å². The fourth-order valence-electron chi connectivity index (χ4n) is 8.85. The monoisotopic (exact) mass is 827 g/mol. The van der Waals surface area contributed by atoms with Gasteiger partial charge in [0.1, 0.15) is 18.1 Å². The fraction of sp³-hybridized carbons (Fsp3) is 0.391. The van der Waals surface area contributed by atoms with Crippen LogP contribution >= 0.6 is 12.0 Å². The highest BCUT2D eigenvalue weighted by molar-refractivity contribution is 7.94. The van der Waals surface area contributed by atoms with Crippen LogP contribution in [-0.2, 0) is 41.5 Å². The summed E-state index contributed by atoms with van der Waals surface area (Å²) in [5.74, 6) is 0.187. The van der Waals surface area contributed by atoms with E-state index in [4.69, 9.17) is 9.59 Å². The minimum Gasteiger partial charge on any atom is -0.508 e. The van der Waals surface area contributed by atoms with Crippen LogP contribution in [0.2, 0.25) is 0 Å². The first-order chi connectivity index (χ1) is 27.7. The first-order valence-corrected chi connectivity index (χ1v) is 22.4. The summed E-state index contributed by atoms with van der Waals surface area (Å²) in [5, 5.41) is 24.7. The fourth-order valence-corrected chi connectivity index (χ4v) is 9.81. The van der Waals surface area contributed by atoms with Crippen molar-refractivity contribution in [2.75, 3.05) is 23.7 Å². The Hall–Kier alpha value is -4.30. The van der Waals surface area contributed by atoms with E-state index in [1.54, 1.807) is 19.1 Å². The molecule has 0 spiro atoms. The van der Waals surface area contributed by atoms with Gasteiger partial charge >= 0.3 is 0 Å². The van der Waals surface area contributed by atoms with Gasteiger partial charge < -0.3 is 14.8 Å². The number of aryl methyl sites for hydroxylation is 1. The number of phenols is 1. The lowest BCUT2D eigenvalue weighted by molar-refractivity contribution is -0.438. The van der Waals surface area contributed by atoms with Crippen molar-refractivity contribution in [2.45, 2.75) is 101 Å². The first-order valence-electron chi connectivity index (χ1n) is 20.1. The Morgan fingerprint density at radius 2 is 1.69 bits per heavy atom. The predicted octanol–water partition coefficient (Wildman–Crippen LogP) is 10.4. The molecule has 58 heavy (non-hydrogen) atoms. The average Bonchev–Trinajstić information content (AvgIpc) is 3.55. The second-order valence-electron chi connectivity index (χ2n) is 16.2. The highest BCUT2D eigenvalue weighted by atomic mass is 32.2. The zero-order valence-electron chi connectivity index (χ0n) is 33.8. The Bertz CT molecular complexity index is 2320. The molecule has 0 fully saturated rings. The van der Waals surface area contributed by atoms with Crippen molar-refractivity contribution in [3.63, 3.8) is 0 Å². The molecule has 0 saturated carbocycles. The number of benzene rings is 4. The van der Waals surface area contributed by atoms with Crippen LogP contribution in [0.5, 0.6) is 5.75 Å². The van der Waals surface area contributed by atoms with E-state index in [1.807, 2.05) is 24.3 Å². The third-order valence-corrected chi connectivity index (χ3v) is 13.0. The number of ketones is 1. The van der Waals surface area contributed by atoms with E-state index in [9.17, 15) is 22.9 Å². The number of nitrogens with zero attached hydrogens (tertiary/aromatic N) is 2. The SMILES string of the molecule is CC(=O)CCCCC[N+]1=C(/C=C/C=C2/N(CCCc3ccc(O)cc3)c3ccccc3C2(C)CCCCS(=O)(=O)O)C(C)(C)c2c1ccc1ccc(SOOO)cc21. The minimum atomic E-state index is -4.06. The molecule has 3 N–H and O–H groups in total. The summed E-state index contributed by atoms with van der Waals surface area (Å²) in [7, 11) is -4.06. The average molecular weight is 828 g/mol. The molecule has 1 unspecified atom stereocenters. The largest absolute Gasteiger partial charge is 0.508 e. The van der Waals surface area contributed by atoms with E-state index in [1.165, 1.54) is 11.1 Å². The Morgan fingerprint density at radius 3 is 2.43 bits per heavy atom. The maximum atomic E-state index is 11.7. The van der Waals surface area contributed by atoms with Gasteiger partial charge in [0.2, 0.25) is 5.69 Å². The van der Waals surface area contributed by atoms with E-state index in [0.717, 1.165) is 101 Å². The van der Waals surface area contributed by atoms with Gasteiger partial charge in [-0.15, -0.1) is 4.33 Å². The normalized spacial score (nSPS) is 18.2. The van der Waals surface area contributed by atoms with Crippen LogP contribution < -0.4 is 4.90 Å². The smallest absolute Gasteiger partial charge is 0.264 e. The number of para-hydroxylation sites is 1. The Balaban J connectivity index is 1.39. The highest BCUT2D eigenvalue weighted by Crippen LogP contribution is 2.51. The van der Waals surface area contributed by atoms with Crippen LogP contribution in [0.15, 0.2) is 108 Å². The van der Waals surface area contributed by atoms with Gasteiger partial charge in [0.25, 0.3) is 10.1 Å². The Morgan fingerprint density at radius 1 is 0.931 bits per heavy atom. The molecule has 6 rings (SSSR count). The quantitative estimate of drug-likeness (QED) is 0.0197.